The van der Waals surface area contributed by atoms with E-state index in [4.69, 9.17) is 14.2 Å². The monoisotopic (exact) mass is 853 g/mol. The Morgan fingerprint density at radius 2 is 1.05 bits per heavy atom. The van der Waals surface area contributed by atoms with E-state index in [1.165, 1.54) is 62.5 Å². The highest BCUT2D eigenvalue weighted by Crippen LogP contribution is 2.44. The van der Waals surface area contributed by atoms with Crippen LogP contribution < -0.4 is 10.6 Å². The molecule has 338 valence electrons. The summed E-state index contributed by atoms with van der Waals surface area (Å²) in [7, 11) is 0. The van der Waals surface area contributed by atoms with Gasteiger partial charge in [0.2, 0.25) is 11.8 Å². The predicted molar refractivity (Wildman–Crippen MR) is 244 cm³/mol. The van der Waals surface area contributed by atoms with Gasteiger partial charge in [0, 0.05) is 38.1 Å². The molecule has 1 atom stereocenters. The third-order valence-corrected chi connectivity index (χ3v) is 11.2. The molecule has 1 aliphatic carbocycles. The van der Waals surface area contributed by atoms with E-state index in [9.17, 15) is 24.0 Å². The third kappa shape index (κ3) is 19.4. The van der Waals surface area contributed by atoms with E-state index in [-0.39, 0.29) is 62.1 Å². The van der Waals surface area contributed by atoms with Crippen molar-refractivity contribution in [2.24, 2.45) is 0 Å². The van der Waals surface area contributed by atoms with Crippen LogP contribution in [0.25, 0.3) is 11.1 Å². The molecule has 0 spiro atoms. The van der Waals surface area contributed by atoms with Gasteiger partial charge in [0.1, 0.15) is 24.9 Å². The Kier molecular flexibility index (Phi) is 22.3. The first-order chi connectivity index (χ1) is 30.0. The van der Waals surface area contributed by atoms with Gasteiger partial charge in [0.15, 0.2) is 0 Å². The van der Waals surface area contributed by atoms with Crippen LogP contribution in [0, 0.1) is 0 Å². The second-order valence-corrected chi connectivity index (χ2v) is 17.7. The number of amides is 2. The van der Waals surface area contributed by atoms with Crippen LogP contribution in [-0.4, -0.2) is 54.5 Å². The molecular weight excluding hydrogens is 781 g/mol. The van der Waals surface area contributed by atoms with Gasteiger partial charge in [0.05, 0.1) is 0 Å². The van der Waals surface area contributed by atoms with Crippen LogP contribution in [0.4, 0.5) is 0 Å². The highest BCUT2D eigenvalue weighted by Gasteiger charge is 2.29. The van der Waals surface area contributed by atoms with Gasteiger partial charge in [0.25, 0.3) is 0 Å². The maximum atomic E-state index is 13.1. The van der Waals surface area contributed by atoms with Gasteiger partial charge < -0.3 is 24.8 Å². The fourth-order valence-electron chi connectivity index (χ4n) is 7.93. The molecule has 0 heterocycles. The first kappa shape index (κ1) is 49.7. The summed E-state index contributed by atoms with van der Waals surface area (Å²) >= 11 is 0. The van der Waals surface area contributed by atoms with E-state index < -0.39 is 17.6 Å². The lowest BCUT2D eigenvalue weighted by molar-refractivity contribution is -0.155. The molecule has 62 heavy (non-hydrogen) atoms. The normalized spacial score (nSPS) is 12.5. The number of carbonyl (C=O) groups excluding carboxylic acids is 5. The smallest absolute Gasteiger partial charge is 0.328 e. The number of hydrogen-bond acceptors (Lipinski definition) is 8. The zero-order chi connectivity index (χ0) is 44.4. The standard InChI is InChI=1S/C52H72N2O8/c1-52(2,3)62-50(58)33-20-15-13-11-9-7-5-4-6-8-10-12-14-19-32-48(56)54-46(51(59)61-38-40-26-17-16-18-27-40)35-36-47(55)53-37-25-34-49(57)60-39-45-43-30-23-21-28-41(43)42-29-22-24-31-44(42)45/h16-18,21-24,26-31,45-46H,4-15,19-20,25,32-39H2,1-3H3,(H,53,55)(H,54,56)/t46-/m0/s1. The van der Waals surface area contributed by atoms with E-state index in [1.807, 2.05) is 75.4 Å². The molecule has 0 fully saturated rings. The summed E-state index contributed by atoms with van der Waals surface area (Å²) in [5, 5.41) is 5.66. The Morgan fingerprint density at radius 3 is 1.61 bits per heavy atom. The zero-order valence-electron chi connectivity index (χ0n) is 37.7. The van der Waals surface area contributed by atoms with Crippen molar-refractivity contribution in [3.8, 4) is 11.1 Å². The molecule has 4 rings (SSSR count). The maximum Gasteiger partial charge on any atom is 0.328 e. The second kappa shape index (κ2) is 27.9. The largest absolute Gasteiger partial charge is 0.465 e. The van der Waals surface area contributed by atoms with Gasteiger partial charge in [-0.05, 0) is 74.3 Å². The second-order valence-electron chi connectivity index (χ2n) is 17.7. The van der Waals surface area contributed by atoms with E-state index in [0.29, 0.717) is 25.8 Å². The van der Waals surface area contributed by atoms with Gasteiger partial charge in [-0.25, -0.2) is 4.79 Å². The van der Waals surface area contributed by atoms with Crippen molar-refractivity contribution < 1.29 is 38.2 Å². The highest BCUT2D eigenvalue weighted by molar-refractivity contribution is 5.85. The number of rotatable bonds is 30. The van der Waals surface area contributed by atoms with Gasteiger partial charge in [-0.3, -0.25) is 19.2 Å². The Balaban J connectivity index is 1.04. The van der Waals surface area contributed by atoms with E-state index in [2.05, 4.69) is 34.9 Å². The van der Waals surface area contributed by atoms with Gasteiger partial charge >= 0.3 is 17.9 Å². The summed E-state index contributed by atoms with van der Waals surface area (Å²) in [5.41, 5.74) is 5.09. The molecule has 2 amide bonds. The van der Waals surface area contributed by atoms with Crippen molar-refractivity contribution in [1.29, 1.82) is 0 Å². The van der Waals surface area contributed by atoms with Crippen molar-refractivity contribution in [2.75, 3.05) is 13.2 Å². The van der Waals surface area contributed by atoms with Crippen molar-refractivity contribution >= 4 is 29.7 Å². The number of carbonyl (C=O) groups is 5. The third-order valence-electron chi connectivity index (χ3n) is 11.2. The van der Waals surface area contributed by atoms with Crippen molar-refractivity contribution in [2.45, 2.75) is 173 Å². The quantitative estimate of drug-likeness (QED) is 0.0384. The highest BCUT2D eigenvalue weighted by atomic mass is 16.6. The summed E-state index contributed by atoms with van der Waals surface area (Å²) in [6, 6.07) is 24.8. The first-order valence-corrected chi connectivity index (χ1v) is 23.3. The van der Waals surface area contributed by atoms with Crippen LogP contribution in [0.2, 0.25) is 0 Å². The summed E-state index contributed by atoms with van der Waals surface area (Å²) in [6.07, 6.45) is 17.3. The zero-order valence-corrected chi connectivity index (χ0v) is 37.7. The molecule has 0 radical (unpaired) electrons. The number of esters is 3. The number of benzene rings is 3. The average molecular weight is 853 g/mol. The molecule has 0 aliphatic heterocycles. The summed E-state index contributed by atoms with van der Waals surface area (Å²) in [5.74, 6) is -1.48. The van der Waals surface area contributed by atoms with Gasteiger partial charge in [-0.2, -0.15) is 0 Å². The topological polar surface area (TPSA) is 137 Å². The molecular formula is C52H72N2O8. The molecule has 0 saturated heterocycles. The maximum absolute atomic E-state index is 13.1. The SMILES string of the molecule is CC(C)(C)OC(=O)CCCCCCCCCCCCCCCCC(=O)N[C@@H](CCC(=O)NCCCC(=O)OCC1c2ccccc2-c2ccccc21)C(=O)OCc1ccccc1. The van der Waals surface area contributed by atoms with Crippen LogP contribution in [0.1, 0.15) is 172 Å². The molecule has 10 nitrogen and oxygen atoms in total. The molecule has 0 unspecified atom stereocenters. The van der Waals surface area contributed by atoms with Gasteiger partial charge in [-0.1, -0.05) is 156 Å². The van der Waals surface area contributed by atoms with Crippen LogP contribution in [0.5, 0.6) is 0 Å². The minimum atomic E-state index is -0.943. The van der Waals surface area contributed by atoms with Crippen LogP contribution in [-0.2, 0) is 44.8 Å². The van der Waals surface area contributed by atoms with Crippen LogP contribution in [0.15, 0.2) is 78.9 Å². The van der Waals surface area contributed by atoms with Crippen LogP contribution >= 0.6 is 0 Å². The Labute approximate surface area is 370 Å². The first-order valence-electron chi connectivity index (χ1n) is 23.3. The summed E-state index contributed by atoms with van der Waals surface area (Å²) in [4.78, 5) is 63.3. The lowest BCUT2D eigenvalue weighted by Gasteiger charge is -2.19. The Morgan fingerprint density at radius 1 is 0.548 bits per heavy atom. The number of hydrogen-bond donors (Lipinski definition) is 2. The summed E-state index contributed by atoms with van der Waals surface area (Å²) in [6.45, 7) is 6.34. The molecule has 1 aliphatic rings. The van der Waals surface area contributed by atoms with Crippen molar-refractivity contribution in [1.82, 2.24) is 10.6 Å². The lowest BCUT2D eigenvalue weighted by atomic mass is 9.98. The minimum Gasteiger partial charge on any atom is -0.465 e. The molecule has 2 N–H and O–H groups in total. The molecule has 0 saturated carbocycles. The number of ether oxygens (including phenoxy) is 3. The Hall–Kier alpha value is -4.99. The Bertz CT molecular complexity index is 1770. The molecule has 3 aromatic rings. The predicted octanol–water partition coefficient (Wildman–Crippen LogP) is 10.8. The lowest BCUT2D eigenvalue weighted by Crippen LogP contribution is -2.42. The van der Waals surface area contributed by atoms with E-state index in [1.54, 1.807) is 0 Å². The van der Waals surface area contributed by atoms with E-state index in [0.717, 1.165) is 55.2 Å². The van der Waals surface area contributed by atoms with E-state index >= 15 is 0 Å². The average Bonchev–Trinajstić information content (AvgIpc) is 3.57. The number of unbranched alkanes of at least 4 members (excludes halogenated alkanes) is 13. The molecule has 3 aromatic carbocycles. The molecule has 10 heteroatoms. The number of fused-ring (bicyclic) bond motifs is 3. The van der Waals surface area contributed by atoms with Gasteiger partial charge in [-0.15, -0.1) is 0 Å². The summed E-state index contributed by atoms with van der Waals surface area (Å²) < 4.78 is 16.6. The fraction of sp³-hybridized carbons (Fsp3) is 0.558. The minimum absolute atomic E-state index is 0.00624. The fourth-order valence-corrected chi connectivity index (χ4v) is 7.93. The van der Waals surface area contributed by atoms with Crippen molar-refractivity contribution in [3.63, 3.8) is 0 Å². The molecule has 0 bridgehead atoms. The van der Waals surface area contributed by atoms with Crippen molar-refractivity contribution in [3.05, 3.63) is 95.6 Å². The van der Waals surface area contributed by atoms with Crippen LogP contribution in [0.3, 0.4) is 0 Å². The number of nitrogens with one attached hydrogen (secondary N) is 2. The molecule has 0 aromatic heterocycles.